The first-order valence-corrected chi connectivity index (χ1v) is 10.6. The van der Waals surface area contributed by atoms with Crippen molar-refractivity contribution in [2.75, 3.05) is 13.7 Å². The monoisotopic (exact) mass is 476 g/mol. The number of hydrogen-bond donors (Lipinski definition) is 6. The Labute approximate surface area is 195 Å². The Bertz CT molecular complexity index is 1060. The lowest BCUT2D eigenvalue weighted by Gasteiger charge is -2.47. The zero-order valence-electron chi connectivity index (χ0n) is 18.7. The van der Waals surface area contributed by atoms with Gasteiger partial charge < -0.3 is 40.5 Å². The molecule has 1 saturated heterocycles. The summed E-state index contributed by atoms with van der Waals surface area (Å²) in [6.45, 7) is 0.346. The molecule has 0 unspecified atom stereocenters. The first-order chi connectivity index (χ1) is 16.1. The molecule has 11 nitrogen and oxygen atoms in total. The van der Waals surface area contributed by atoms with E-state index in [2.05, 4.69) is 10.6 Å². The van der Waals surface area contributed by atoms with E-state index < -0.39 is 67.0 Å². The lowest BCUT2D eigenvalue weighted by Crippen LogP contribution is -2.70. The van der Waals surface area contributed by atoms with Crippen LogP contribution in [0.2, 0.25) is 0 Å². The zero-order chi connectivity index (χ0) is 25.0. The van der Waals surface area contributed by atoms with Gasteiger partial charge in [-0.2, -0.15) is 0 Å². The third kappa shape index (κ3) is 5.03. The van der Waals surface area contributed by atoms with Crippen LogP contribution in [0.1, 0.15) is 23.7 Å². The van der Waals surface area contributed by atoms with Crippen molar-refractivity contribution in [3.63, 3.8) is 0 Å². The molecular formula is C23H28N2O9. The maximum absolute atomic E-state index is 13.3. The van der Waals surface area contributed by atoms with E-state index in [1.807, 2.05) is 18.2 Å². The number of nitrogens with one attached hydrogen (secondary N) is 2. The summed E-state index contributed by atoms with van der Waals surface area (Å²) >= 11 is 0. The van der Waals surface area contributed by atoms with Crippen LogP contribution >= 0.6 is 0 Å². The molecule has 1 aliphatic rings. The van der Waals surface area contributed by atoms with E-state index in [4.69, 9.17) is 9.47 Å². The summed E-state index contributed by atoms with van der Waals surface area (Å²) < 4.78 is 10.7. The normalized spacial score (nSPS) is 26.4. The van der Waals surface area contributed by atoms with Gasteiger partial charge in [0.15, 0.2) is 0 Å². The number of ether oxygens (including phenoxy) is 2. The summed E-state index contributed by atoms with van der Waals surface area (Å²) in [5.74, 6) is -4.93. The van der Waals surface area contributed by atoms with Gasteiger partial charge in [-0.05, 0) is 16.8 Å². The Morgan fingerprint density at radius 1 is 1.15 bits per heavy atom. The summed E-state index contributed by atoms with van der Waals surface area (Å²) in [6, 6.07) is 10.1. The molecule has 2 amide bonds. The van der Waals surface area contributed by atoms with E-state index in [0.29, 0.717) is 10.9 Å². The molecule has 1 heterocycles. The van der Waals surface area contributed by atoms with Gasteiger partial charge in [0.25, 0.3) is 11.7 Å². The topological polar surface area (TPSA) is 175 Å². The number of aliphatic hydroxyl groups is 3. The second-order valence-corrected chi connectivity index (χ2v) is 8.12. The van der Waals surface area contributed by atoms with E-state index in [0.717, 1.165) is 12.5 Å². The maximum Gasteiger partial charge on any atom is 0.364 e. The molecule has 0 aromatic heterocycles. The van der Waals surface area contributed by atoms with E-state index in [1.54, 1.807) is 24.3 Å². The number of methoxy groups -OCH3 is 1. The Morgan fingerprint density at radius 2 is 1.82 bits per heavy atom. The van der Waals surface area contributed by atoms with Crippen LogP contribution in [0.4, 0.5) is 0 Å². The third-order valence-electron chi connectivity index (χ3n) is 5.90. The van der Waals surface area contributed by atoms with Crippen LogP contribution in [0, 0.1) is 0 Å². The second-order valence-electron chi connectivity index (χ2n) is 8.12. The highest BCUT2D eigenvalue weighted by molar-refractivity contribution is 6.07. The molecule has 0 saturated carbocycles. The summed E-state index contributed by atoms with van der Waals surface area (Å²) in [5, 5.41) is 46.5. The van der Waals surface area contributed by atoms with Crippen molar-refractivity contribution < 1.29 is 44.3 Å². The Balaban J connectivity index is 2.03. The SMILES string of the molecule is CO[C@]1(C(=O)O)C[C@H](NC(=O)c2cccc3ccccc23)[C@@H](NC(C)=O)[C@H]([C@H](O)[C@H](O)CO)O1. The average Bonchev–Trinajstić information content (AvgIpc) is 2.83. The van der Waals surface area contributed by atoms with Gasteiger partial charge >= 0.3 is 5.97 Å². The predicted molar refractivity (Wildman–Crippen MR) is 119 cm³/mol. The fourth-order valence-electron chi connectivity index (χ4n) is 4.18. The molecule has 11 heteroatoms. The van der Waals surface area contributed by atoms with Crippen molar-refractivity contribution in [2.24, 2.45) is 0 Å². The molecule has 0 aliphatic carbocycles. The van der Waals surface area contributed by atoms with Crippen LogP contribution in [0.5, 0.6) is 0 Å². The maximum atomic E-state index is 13.3. The molecular weight excluding hydrogens is 448 g/mol. The number of aliphatic carboxylic acids is 1. The van der Waals surface area contributed by atoms with Gasteiger partial charge in [0.05, 0.1) is 18.7 Å². The predicted octanol–water partition coefficient (Wildman–Crippen LogP) is -0.627. The van der Waals surface area contributed by atoms with Crippen LogP contribution in [0.15, 0.2) is 42.5 Å². The van der Waals surface area contributed by atoms with E-state index in [-0.39, 0.29) is 0 Å². The van der Waals surface area contributed by atoms with Gasteiger partial charge in [-0.25, -0.2) is 4.79 Å². The van der Waals surface area contributed by atoms with Gasteiger partial charge in [0.2, 0.25) is 5.91 Å². The average molecular weight is 476 g/mol. The number of fused-ring (bicyclic) bond motifs is 1. The van der Waals surface area contributed by atoms with Crippen LogP contribution in [0.3, 0.4) is 0 Å². The lowest BCUT2D eigenvalue weighted by atomic mass is 9.86. The van der Waals surface area contributed by atoms with Crippen LogP contribution in [-0.2, 0) is 19.1 Å². The van der Waals surface area contributed by atoms with Crippen molar-refractivity contribution in [2.45, 2.75) is 49.5 Å². The molecule has 184 valence electrons. The fraction of sp³-hybridized carbons (Fsp3) is 0.435. The molecule has 2 aromatic carbocycles. The molecule has 0 radical (unpaired) electrons. The highest BCUT2D eigenvalue weighted by Crippen LogP contribution is 2.33. The standard InChI is InChI=1S/C23H28N2O9/c1-12(27)24-18-16(25-21(30)15-9-5-7-13-6-3-4-8-14(13)15)10-23(33-2,22(31)32)34-20(18)19(29)17(28)11-26/h3-9,16-20,26,28-29H,10-11H2,1-2H3,(H,24,27)(H,25,30)(H,31,32)/t16-,17+,18+,19+,20+,23+/m0/s1. The fourth-order valence-corrected chi connectivity index (χ4v) is 4.18. The second kappa shape index (κ2) is 10.5. The number of carbonyl (C=O) groups excluding carboxylic acids is 2. The van der Waals surface area contributed by atoms with E-state index >= 15 is 0 Å². The van der Waals surface area contributed by atoms with E-state index in [1.165, 1.54) is 6.92 Å². The minimum absolute atomic E-state index is 0.317. The quantitative estimate of drug-likeness (QED) is 0.290. The number of aliphatic hydroxyl groups excluding tert-OH is 3. The largest absolute Gasteiger partial charge is 0.477 e. The number of benzene rings is 2. The van der Waals surface area contributed by atoms with Crippen molar-refractivity contribution in [3.05, 3.63) is 48.0 Å². The number of carboxylic acid groups (broad SMARTS) is 1. The summed E-state index contributed by atoms with van der Waals surface area (Å²) in [5.41, 5.74) is 0.317. The zero-order valence-corrected chi connectivity index (χ0v) is 18.7. The Hall–Kier alpha value is -3.09. The minimum atomic E-state index is -2.30. The van der Waals surface area contributed by atoms with Crippen molar-refractivity contribution in [3.8, 4) is 0 Å². The molecule has 1 fully saturated rings. The molecule has 1 aliphatic heterocycles. The van der Waals surface area contributed by atoms with Gasteiger partial charge in [-0.1, -0.05) is 36.4 Å². The molecule has 3 rings (SSSR count). The summed E-state index contributed by atoms with van der Waals surface area (Å²) in [6.07, 6.45) is -5.49. The third-order valence-corrected chi connectivity index (χ3v) is 5.90. The van der Waals surface area contributed by atoms with Crippen molar-refractivity contribution in [1.82, 2.24) is 10.6 Å². The number of hydrogen-bond acceptors (Lipinski definition) is 8. The number of amides is 2. The van der Waals surface area contributed by atoms with Crippen LogP contribution in [-0.4, -0.2) is 88.1 Å². The Kier molecular flexibility index (Phi) is 7.85. The first-order valence-electron chi connectivity index (χ1n) is 10.6. The van der Waals surface area contributed by atoms with Gasteiger partial charge in [0.1, 0.15) is 18.3 Å². The molecule has 6 atom stereocenters. The number of rotatable bonds is 8. The molecule has 6 N–H and O–H groups in total. The molecule has 34 heavy (non-hydrogen) atoms. The smallest absolute Gasteiger partial charge is 0.364 e. The van der Waals surface area contributed by atoms with Crippen LogP contribution in [0.25, 0.3) is 10.8 Å². The summed E-state index contributed by atoms with van der Waals surface area (Å²) in [4.78, 5) is 37.3. The number of carbonyl (C=O) groups is 3. The van der Waals surface area contributed by atoms with Crippen LogP contribution < -0.4 is 10.6 Å². The highest BCUT2D eigenvalue weighted by Gasteiger charge is 2.55. The molecule has 2 aromatic rings. The van der Waals surface area contributed by atoms with E-state index in [9.17, 15) is 34.8 Å². The van der Waals surface area contributed by atoms with Crippen molar-refractivity contribution in [1.29, 1.82) is 0 Å². The number of carboxylic acids is 1. The van der Waals surface area contributed by atoms with Gasteiger partial charge in [-0.3, -0.25) is 9.59 Å². The lowest BCUT2D eigenvalue weighted by molar-refractivity contribution is -0.293. The first kappa shape index (κ1) is 25.5. The highest BCUT2D eigenvalue weighted by atomic mass is 16.7. The minimum Gasteiger partial charge on any atom is -0.477 e. The Morgan fingerprint density at radius 3 is 2.44 bits per heavy atom. The van der Waals surface area contributed by atoms with Crippen molar-refractivity contribution >= 4 is 28.6 Å². The summed E-state index contributed by atoms with van der Waals surface area (Å²) in [7, 11) is 1.09. The molecule has 0 spiro atoms. The molecule has 0 bridgehead atoms. The van der Waals surface area contributed by atoms with Gasteiger partial charge in [-0.15, -0.1) is 0 Å². The van der Waals surface area contributed by atoms with Gasteiger partial charge in [0, 0.05) is 26.0 Å².